The van der Waals surface area contributed by atoms with Gasteiger partial charge in [-0.2, -0.15) is 0 Å². The average Bonchev–Trinajstić information content (AvgIpc) is 2.99. The van der Waals surface area contributed by atoms with Crippen LogP contribution < -0.4 is 0 Å². The second-order valence-corrected chi connectivity index (χ2v) is 8.86. The molecule has 6 heteroatoms. The van der Waals surface area contributed by atoms with Gasteiger partial charge in [0.25, 0.3) is 0 Å². The number of likely N-dealkylation sites (tertiary alicyclic amines) is 1. The minimum absolute atomic E-state index is 0.173. The Kier molecular flexibility index (Phi) is 4.45. The summed E-state index contributed by atoms with van der Waals surface area (Å²) in [7, 11) is 0. The maximum absolute atomic E-state index is 12.2. The molecule has 3 rings (SSSR count). The molecule has 2 saturated heterocycles. The number of benzene rings is 1. The first-order valence-electron chi connectivity index (χ1n) is 7.51. The largest absolute Gasteiger partial charge is 0.444 e. The number of ether oxygens (including phenoxy) is 1. The number of hydrogen-bond acceptors (Lipinski definition) is 4. The van der Waals surface area contributed by atoms with E-state index in [0.29, 0.717) is 6.04 Å². The standard InChI is InChI=1S/C16H21BrN2O2S/c1-16(2,3)21-15(20)18-9-13-8-12(18)10-19(13)22-14-6-4-11(17)5-7-14/h4-7,12-13H,8-10H2,1-3H3/t12-,13-/m0/s1. The zero-order valence-corrected chi connectivity index (χ0v) is 15.5. The van der Waals surface area contributed by atoms with E-state index in [0.717, 1.165) is 24.0 Å². The zero-order valence-electron chi connectivity index (χ0n) is 13.1. The first-order valence-corrected chi connectivity index (χ1v) is 9.08. The monoisotopic (exact) mass is 384 g/mol. The summed E-state index contributed by atoms with van der Waals surface area (Å²) < 4.78 is 8.99. The maximum atomic E-state index is 12.2. The highest BCUT2D eigenvalue weighted by Crippen LogP contribution is 2.38. The fourth-order valence-corrected chi connectivity index (χ4v) is 4.26. The smallest absolute Gasteiger partial charge is 0.410 e. The molecule has 2 bridgehead atoms. The Morgan fingerprint density at radius 3 is 2.45 bits per heavy atom. The van der Waals surface area contributed by atoms with E-state index in [1.807, 2.05) is 25.7 Å². The SMILES string of the molecule is CC(C)(C)OC(=O)N1C[C@@H]2C[C@H]1CN2Sc1ccc(Br)cc1. The molecule has 0 aromatic heterocycles. The number of nitrogens with zero attached hydrogens (tertiary/aromatic N) is 2. The minimum Gasteiger partial charge on any atom is -0.444 e. The number of halogens is 1. The molecule has 4 nitrogen and oxygen atoms in total. The van der Waals surface area contributed by atoms with Crippen LogP contribution in [0.5, 0.6) is 0 Å². The molecule has 2 aliphatic rings. The van der Waals surface area contributed by atoms with Gasteiger partial charge in [-0.25, -0.2) is 9.10 Å². The van der Waals surface area contributed by atoms with Gasteiger partial charge in [-0.1, -0.05) is 15.9 Å². The molecule has 22 heavy (non-hydrogen) atoms. The fraction of sp³-hybridized carbons (Fsp3) is 0.562. The van der Waals surface area contributed by atoms with E-state index in [9.17, 15) is 4.79 Å². The molecule has 0 aliphatic carbocycles. The second-order valence-electron chi connectivity index (χ2n) is 6.82. The van der Waals surface area contributed by atoms with Gasteiger partial charge >= 0.3 is 6.09 Å². The molecule has 2 atom stereocenters. The van der Waals surface area contributed by atoms with E-state index in [-0.39, 0.29) is 12.1 Å². The van der Waals surface area contributed by atoms with Crippen LogP contribution in [0.4, 0.5) is 4.79 Å². The Labute approximate surface area is 144 Å². The third kappa shape index (κ3) is 3.60. The molecular weight excluding hydrogens is 364 g/mol. The molecular formula is C16H21BrN2O2S. The number of piperazine rings is 1. The third-order valence-electron chi connectivity index (χ3n) is 3.85. The first kappa shape index (κ1) is 16.1. The van der Waals surface area contributed by atoms with Crippen molar-refractivity contribution in [2.75, 3.05) is 13.1 Å². The van der Waals surface area contributed by atoms with E-state index < -0.39 is 5.60 Å². The summed E-state index contributed by atoms with van der Waals surface area (Å²) in [5, 5.41) is 0. The Hall–Kier alpha value is -0.720. The van der Waals surface area contributed by atoms with Gasteiger partial charge in [0.2, 0.25) is 0 Å². The lowest BCUT2D eigenvalue weighted by Gasteiger charge is -2.34. The molecule has 2 aliphatic heterocycles. The van der Waals surface area contributed by atoms with E-state index in [4.69, 9.17) is 4.74 Å². The van der Waals surface area contributed by atoms with Crippen molar-refractivity contribution >= 4 is 34.0 Å². The summed E-state index contributed by atoms with van der Waals surface area (Å²) in [4.78, 5) is 15.4. The van der Waals surface area contributed by atoms with Gasteiger partial charge in [0.1, 0.15) is 5.60 Å². The molecule has 2 fully saturated rings. The van der Waals surface area contributed by atoms with Crippen LogP contribution in [0.15, 0.2) is 33.6 Å². The lowest BCUT2D eigenvalue weighted by Crippen LogP contribution is -2.48. The van der Waals surface area contributed by atoms with E-state index in [2.05, 4.69) is 44.5 Å². The summed E-state index contributed by atoms with van der Waals surface area (Å²) in [5.74, 6) is 0. The van der Waals surface area contributed by atoms with Gasteiger partial charge in [0.05, 0.1) is 6.04 Å². The molecule has 0 unspecified atom stereocenters. The van der Waals surface area contributed by atoms with Crippen LogP contribution in [0.1, 0.15) is 27.2 Å². The quantitative estimate of drug-likeness (QED) is 0.716. The lowest BCUT2D eigenvalue weighted by atomic mass is 10.2. The Morgan fingerprint density at radius 2 is 1.91 bits per heavy atom. The van der Waals surface area contributed by atoms with Gasteiger partial charge in [-0.3, -0.25) is 0 Å². The highest BCUT2D eigenvalue weighted by molar-refractivity contribution is 9.10. The van der Waals surface area contributed by atoms with Gasteiger partial charge < -0.3 is 9.64 Å². The summed E-state index contributed by atoms with van der Waals surface area (Å²) in [6.07, 6.45) is 0.872. The van der Waals surface area contributed by atoms with Crippen LogP contribution in [0.3, 0.4) is 0 Å². The predicted octanol–water partition coefficient (Wildman–Crippen LogP) is 4.15. The first-order chi connectivity index (χ1) is 10.3. The summed E-state index contributed by atoms with van der Waals surface area (Å²) >= 11 is 5.24. The van der Waals surface area contributed by atoms with Crippen molar-refractivity contribution in [2.24, 2.45) is 0 Å². The van der Waals surface area contributed by atoms with Gasteiger partial charge in [0.15, 0.2) is 0 Å². The van der Waals surface area contributed by atoms with Crippen molar-refractivity contribution in [1.29, 1.82) is 0 Å². The maximum Gasteiger partial charge on any atom is 0.410 e. The van der Waals surface area contributed by atoms with Gasteiger partial charge in [-0.05, 0) is 63.4 Å². The van der Waals surface area contributed by atoms with Crippen LogP contribution in [-0.2, 0) is 4.74 Å². The highest BCUT2D eigenvalue weighted by atomic mass is 79.9. The van der Waals surface area contributed by atoms with Crippen LogP contribution in [0.2, 0.25) is 0 Å². The molecule has 1 aromatic carbocycles. The number of carbonyl (C=O) groups is 1. The number of amides is 1. The number of hydrogen-bond donors (Lipinski definition) is 0. The summed E-state index contributed by atoms with van der Waals surface area (Å²) in [6, 6.07) is 9.06. The Bertz CT molecular complexity index is 558. The molecule has 2 heterocycles. The van der Waals surface area contributed by atoms with E-state index >= 15 is 0 Å². The van der Waals surface area contributed by atoms with Crippen LogP contribution in [0.25, 0.3) is 0 Å². The van der Waals surface area contributed by atoms with Crippen LogP contribution in [0, 0.1) is 0 Å². The Balaban J connectivity index is 1.58. The molecule has 1 aromatic rings. The average molecular weight is 385 g/mol. The summed E-state index contributed by atoms with van der Waals surface area (Å²) in [5.41, 5.74) is -0.426. The van der Waals surface area contributed by atoms with Crippen molar-refractivity contribution in [2.45, 2.75) is 49.8 Å². The predicted molar refractivity (Wildman–Crippen MR) is 91.8 cm³/mol. The Morgan fingerprint density at radius 1 is 1.23 bits per heavy atom. The normalized spacial score (nSPS) is 24.8. The molecule has 0 N–H and O–H groups in total. The number of fused-ring (bicyclic) bond motifs is 2. The molecule has 1 amide bonds. The van der Waals surface area contributed by atoms with E-state index in [1.165, 1.54) is 4.90 Å². The van der Waals surface area contributed by atoms with Gasteiger partial charge in [-0.15, -0.1) is 0 Å². The van der Waals surface area contributed by atoms with Crippen molar-refractivity contribution in [3.05, 3.63) is 28.7 Å². The minimum atomic E-state index is -0.426. The van der Waals surface area contributed by atoms with Crippen LogP contribution in [-0.4, -0.2) is 46.1 Å². The molecule has 0 saturated carbocycles. The van der Waals surface area contributed by atoms with Gasteiger partial charge in [0, 0.05) is 28.5 Å². The molecule has 0 radical (unpaired) electrons. The van der Waals surface area contributed by atoms with E-state index in [1.54, 1.807) is 11.9 Å². The van der Waals surface area contributed by atoms with Crippen molar-refractivity contribution in [3.8, 4) is 0 Å². The molecule has 0 spiro atoms. The van der Waals surface area contributed by atoms with Crippen molar-refractivity contribution in [1.82, 2.24) is 9.21 Å². The zero-order chi connectivity index (χ0) is 15.9. The highest BCUT2D eigenvalue weighted by Gasteiger charge is 2.46. The molecule has 120 valence electrons. The van der Waals surface area contributed by atoms with Crippen molar-refractivity contribution < 1.29 is 9.53 Å². The number of rotatable bonds is 2. The van der Waals surface area contributed by atoms with Crippen molar-refractivity contribution in [3.63, 3.8) is 0 Å². The van der Waals surface area contributed by atoms with Crippen LogP contribution >= 0.6 is 27.9 Å². The third-order valence-corrected chi connectivity index (χ3v) is 5.55. The number of carbonyl (C=O) groups excluding carboxylic acids is 1. The second kappa shape index (κ2) is 6.06. The lowest BCUT2D eigenvalue weighted by molar-refractivity contribution is 0.0177. The topological polar surface area (TPSA) is 32.8 Å². The fourth-order valence-electron chi connectivity index (χ4n) is 2.92. The summed E-state index contributed by atoms with van der Waals surface area (Å²) in [6.45, 7) is 7.41.